The zero-order valence-corrected chi connectivity index (χ0v) is 17.6. The lowest BCUT2D eigenvalue weighted by atomic mass is 9.87. The molecular formula is C25H32FN3. The average Bonchev–Trinajstić information content (AvgIpc) is 2.69. The van der Waals surface area contributed by atoms with Crippen LogP contribution in [0.5, 0.6) is 0 Å². The van der Waals surface area contributed by atoms with Gasteiger partial charge in [0.15, 0.2) is 0 Å². The number of nitrogens with zero attached hydrogens (tertiary/aromatic N) is 2. The van der Waals surface area contributed by atoms with E-state index in [1.54, 1.807) is 6.07 Å². The third-order valence-corrected chi connectivity index (χ3v) is 6.66. The van der Waals surface area contributed by atoms with Crippen molar-refractivity contribution in [3.05, 3.63) is 71.2 Å². The quantitative estimate of drug-likeness (QED) is 0.720. The highest BCUT2D eigenvalue weighted by Gasteiger charge is 2.29. The van der Waals surface area contributed by atoms with Crippen molar-refractivity contribution < 1.29 is 4.39 Å². The van der Waals surface area contributed by atoms with Gasteiger partial charge in [-0.3, -0.25) is 4.90 Å². The van der Waals surface area contributed by atoms with E-state index in [9.17, 15) is 4.39 Å². The molecule has 4 rings (SSSR count). The van der Waals surface area contributed by atoms with Crippen molar-refractivity contribution in [1.29, 1.82) is 0 Å². The standard InChI is InChI=1S/C25H32FN3/c1-17-6-4-5-7-23(17)20-10-12-28(13-11-20)16-19(3)29-18(2)8-9-21-14-22(26)15-24(27)25(21)29/h4-7,14-15,18,20H,3,8-13,16,27H2,1-2H3. The first-order valence-corrected chi connectivity index (χ1v) is 10.8. The number of aryl methyl sites for hydroxylation is 2. The van der Waals surface area contributed by atoms with Crippen LogP contribution in [0.1, 0.15) is 48.8 Å². The van der Waals surface area contributed by atoms with Gasteiger partial charge in [0.05, 0.1) is 11.4 Å². The number of piperidine rings is 1. The second-order valence-corrected chi connectivity index (χ2v) is 8.73. The number of fused-ring (bicyclic) bond motifs is 1. The Morgan fingerprint density at radius 3 is 2.62 bits per heavy atom. The minimum atomic E-state index is -0.250. The Morgan fingerprint density at radius 1 is 1.17 bits per heavy atom. The molecule has 2 heterocycles. The van der Waals surface area contributed by atoms with Gasteiger partial charge < -0.3 is 10.6 Å². The summed E-state index contributed by atoms with van der Waals surface area (Å²) in [7, 11) is 0. The van der Waals surface area contributed by atoms with Gasteiger partial charge in [0.2, 0.25) is 0 Å². The molecule has 0 aromatic heterocycles. The maximum Gasteiger partial charge on any atom is 0.125 e. The third-order valence-electron chi connectivity index (χ3n) is 6.66. The summed E-state index contributed by atoms with van der Waals surface area (Å²) in [5, 5.41) is 0. The van der Waals surface area contributed by atoms with Crippen molar-refractivity contribution in [3.8, 4) is 0 Å². The van der Waals surface area contributed by atoms with E-state index < -0.39 is 0 Å². The molecule has 2 aliphatic rings. The van der Waals surface area contributed by atoms with Gasteiger partial charge in [-0.1, -0.05) is 30.8 Å². The molecule has 2 N–H and O–H groups in total. The van der Waals surface area contributed by atoms with Crippen LogP contribution in [0.4, 0.5) is 15.8 Å². The number of rotatable bonds is 4. The van der Waals surface area contributed by atoms with Gasteiger partial charge in [-0.2, -0.15) is 0 Å². The summed E-state index contributed by atoms with van der Waals surface area (Å²) >= 11 is 0. The molecule has 2 aromatic carbocycles. The van der Waals surface area contributed by atoms with E-state index in [0.717, 1.165) is 49.4 Å². The maximum absolute atomic E-state index is 13.8. The van der Waals surface area contributed by atoms with Gasteiger partial charge in [0.25, 0.3) is 0 Å². The Kier molecular flexibility index (Phi) is 5.64. The van der Waals surface area contributed by atoms with Crippen molar-refractivity contribution in [2.45, 2.75) is 51.5 Å². The molecule has 1 saturated heterocycles. The summed E-state index contributed by atoms with van der Waals surface area (Å²) in [5.41, 5.74) is 12.7. The minimum Gasteiger partial charge on any atom is -0.397 e. The summed E-state index contributed by atoms with van der Waals surface area (Å²) in [5.74, 6) is 0.397. The Bertz CT molecular complexity index is 899. The van der Waals surface area contributed by atoms with E-state index >= 15 is 0 Å². The average molecular weight is 394 g/mol. The highest BCUT2D eigenvalue weighted by molar-refractivity contribution is 5.75. The topological polar surface area (TPSA) is 32.5 Å². The van der Waals surface area contributed by atoms with Gasteiger partial charge >= 0.3 is 0 Å². The molecule has 154 valence electrons. The number of nitrogens with two attached hydrogens (primary N) is 1. The fourth-order valence-corrected chi connectivity index (χ4v) is 5.13. The highest BCUT2D eigenvalue weighted by Crippen LogP contribution is 2.39. The minimum absolute atomic E-state index is 0.250. The first kappa shape index (κ1) is 20.0. The number of hydrogen-bond donors (Lipinski definition) is 1. The van der Waals surface area contributed by atoms with Crippen LogP contribution in [0.2, 0.25) is 0 Å². The molecule has 4 heteroatoms. The lowest BCUT2D eigenvalue weighted by Crippen LogP contribution is -2.42. The van der Waals surface area contributed by atoms with Gasteiger partial charge in [-0.25, -0.2) is 4.39 Å². The molecule has 1 unspecified atom stereocenters. The molecule has 0 amide bonds. The van der Waals surface area contributed by atoms with Crippen molar-refractivity contribution in [2.24, 2.45) is 0 Å². The van der Waals surface area contributed by atoms with Crippen LogP contribution in [0.3, 0.4) is 0 Å². The van der Waals surface area contributed by atoms with Crippen LogP contribution in [0.15, 0.2) is 48.7 Å². The summed E-state index contributed by atoms with van der Waals surface area (Å²) in [6, 6.07) is 12.2. The second kappa shape index (κ2) is 8.19. The van der Waals surface area contributed by atoms with Crippen LogP contribution in [-0.4, -0.2) is 30.6 Å². The fraction of sp³-hybridized carbons (Fsp3) is 0.440. The summed E-state index contributed by atoms with van der Waals surface area (Å²) < 4.78 is 13.8. The predicted molar refractivity (Wildman–Crippen MR) is 120 cm³/mol. The number of benzene rings is 2. The van der Waals surface area contributed by atoms with Crippen LogP contribution >= 0.6 is 0 Å². The molecule has 0 bridgehead atoms. The summed E-state index contributed by atoms with van der Waals surface area (Å²) in [6.07, 6.45) is 4.21. The SMILES string of the molecule is C=C(CN1CCC(c2ccccc2C)CC1)N1c2c(N)cc(F)cc2CCC1C. The second-order valence-electron chi connectivity index (χ2n) is 8.73. The summed E-state index contributed by atoms with van der Waals surface area (Å²) in [6.45, 7) is 11.8. The van der Waals surface area contributed by atoms with Gasteiger partial charge in [-0.15, -0.1) is 0 Å². The molecule has 0 spiro atoms. The van der Waals surface area contributed by atoms with Crippen molar-refractivity contribution >= 4 is 11.4 Å². The molecular weight excluding hydrogens is 361 g/mol. The number of likely N-dealkylation sites (tertiary alicyclic amines) is 1. The lowest BCUT2D eigenvalue weighted by Gasteiger charge is -2.41. The number of halogens is 1. The Labute approximate surface area is 174 Å². The largest absolute Gasteiger partial charge is 0.397 e. The van der Waals surface area contributed by atoms with Gasteiger partial charge in [-0.05, 0) is 87.4 Å². The van der Waals surface area contributed by atoms with Crippen LogP contribution in [-0.2, 0) is 6.42 Å². The molecule has 2 aromatic rings. The zero-order valence-electron chi connectivity index (χ0n) is 17.6. The van der Waals surface area contributed by atoms with E-state index in [1.165, 1.54) is 30.0 Å². The molecule has 2 aliphatic heterocycles. The molecule has 0 saturated carbocycles. The molecule has 1 fully saturated rings. The fourth-order valence-electron chi connectivity index (χ4n) is 5.13. The predicted octanol–water partition coefficient (Wildman–Crippen LogP) is 5.25. The van der Waals surface area contributed by atoms with Gasteiger partial charge in [0.1, 0.15) is 5.82 Å². The lowest BCUT2D eigenvalue weighted by molar-refractivity contribution is 0.226. The van der Waals surface area contributed by atoms with Crippen LogP contribution in [0, 0.1) is 12.7 Å². The third kappa shape index (κ3) is 4.04. The van der Waals surface area contributed by atoms with E-state index in [1.807, 2.05) is 0 Å². The molecule has 0 radical (unpaired) electrons. The highest BCUT2D eigenvalue weighted by atomic mass is 19.1. The normalized spacial score (nSPS) is 20.5. The molecule has 3 nitrogen and oxygen atoms in total. The van der Waals surface area contributed by atoms with Crippen molar-refractivity contribution in [3.63, 3.8) is 0 Å². The first-order chi connectivity index (χ1) is 13.9. The summed E-state index contributed by atoms with van der Waals surface area (Å²) in [4.78, 5) is 4.75. The van der Waals surface area contributed by atoms with E-state index in [2.05, 4.69) is 54.5 Å². The first-order valence-electron chi connectivity index (χ1n) is 10.8. The molecule has 1 atom stereocenters. The zero-order chi connectivity index (χ0) is 20.5. The van der Waals surface area contributed by atoms with Gasteiger partial charge in [0, 0.05) is 18.3 Å². The van der Waals surface area contributed by atoms with E-state index in [4.69, 9.17) is 5.73 Å². The van der Waals surface area contributed by atoms with E-state index in [-0.39, 0.29) is 5.82 Å². The van der Waals surface area contributed by atoms with Crippen molar-refractivity contribution in [2.75, 3.05) is 30.3 Å². The smallest absolute Gasteiger partial charge is 0.125 e. The molecule has 0 aliphatic carbocycles. The Balaban J connectivity index is 1.44. The number of anilines is 2. The Morgan fingerprint density at radius 2 is 1.90 bits per heavy atom. The van der Waals surface area contributed by atoms with E-state index in [0.29, 0.717) is 17.6 Å². The number of hydrogen-bond acceptors (Lipinski definition) is 3. The van der Waals surface area contributed by atoms with Crippen LogP contribution < -0.4 is 10.6 Å². The number of nitrogen functional groups attached to an aromatic ring is 1. The molecule has 29 heavy (non-hydrogen) atoms. The monoisotopic (exact) mass is 393 g/mol. The maximum atomic E-state index is 13.8. The van der Waals surface area contributed by atoms with Crippen LogP contribution in [0.25, 0.3) is 0 Å². The van der Waals surface area contributed by atoms with Crippen molar-refractivity contribution in [1.82, 2.24) is 4.90 Å². The Hall–Kier alpha value is -2.33.